The lowest BCUT2D eigenvalue weighted by molar-refractivity contribution is -0.137. The molecular weight excluding hydrogens is 455 g/mol. The minimum absolute atomic E-state index is 0.0480. The van der Waals surface area contributed by atoms with E-state index in [-0.39, 0.29) is 21.2 Å². The van der Waals surface area contributed by atoms with Crippen molar-refractivity contribution in [3.05, 3.63) is 58.6 Å². The van der Waals surface area contributed by atoms with Crippen LogP contribution in [0.1, 0.15) is 29.8 Å². The number of nitrogens with zero attached hydrogens (tertiary/aromatic N) is 1. The zero-order chi connectivity index (χ0) is 23.2. The normalized spacial score (nSPS) is 12.1. The van der Waals surface area contributed by atoms with E-state index in [4.69, 9.17) is 11.6 Å². The number of hydrogen-bond donors (Lipinski definition) is 2. The molecule has 0 atom stereocenters. The van der Waals surface area contributed by atoms with Gasteiger partial charge in [-0.05, 0) is 49.5 Å². The maximum absolute atomic E-state index is 12.9. The Morgan fingerprint density at radius 2 is 1.77 bits per heavy atom. The second-order valence-electron chi connectivity index (χ2n) is 6.61. The summed E-state index contributed by atoms with van der Waals surface area (Å²) in [5.74, 6) is -0.548. The van der Waals surface area contributed by atoms with Gasteiger partial charge in [0.15, 0.2) is 0 Å². The number of hydrogen-bond acceptors (Lipinski definition) is 4. The van der Waals surface area contributed by atoms with E-state index in [1.165, 1.54) is 18.2 Å². The number of amides is 1. The number of carbonyl (C=O) groups excluding carboxylic acids is 1. The van der Waals surface area contributed by atoms with Gasteiger partial charge in [0.1, 0.15) is 0 Å². The molecule has 0 heterocycles. The zero-order valence-corrected chi connectivity index (χ0v) is 18.5. The quantitative estimate of drug-likeness (QED) is 0.566. The summed E-state index contributed by atoms with van der Waals surface area (Å²) in [7, 11) is -4.25. The van der Waals surface area contributed by atoms with Crippen molar-refractivity contribution in [1.82, 2.24) is 10.2 Å². The van der Waals surface area contributed by atoms with Crippen LogP contribution in [0.15, 0.2) is 47.4 Å². The Morgan fingerprint density at radius 1 is 1.10 bits per heavy atom. The van der Waals surface area contributed by atoms with Crippen molar-refractivity contribution in [2.75, 3.05) is 30.9 Å². The van der Waals surface area contributed by atoms with Crippen molar-refractivity contribution in [2.24, 2.45) is 0 Å². The molecule has 0 unspecified atom stereocenters. The van der Waals surface area contributed by atoms with E-state index in [0.29, 0.717) is 19.2 Å². The van der Waals surface area contributed by atoms with Crippen LogP contribution in [0, 0.1) is 0 Å². The molecule has 11 heteroatoms. The smallest absolute Gasteiger partial charge is 0.351 e. The monoisotopic (exact) mass is 477 g/mol. The lowest BCUT2D eigenvalue weighted by Crippen LogP contribution is -2.35. The standard InChI is InChI=1S/C20H23ClF3N3O3S/c1-3-27(4-2)11-10-25-19(28)17-13-16(8-9-18(17)21)31(29,30)26-15-7-5-6-14(12-15)20(22,23)24/h5-9,12-13,26H,3-4,10-11H2,1-2H3,(H,25,28). The first-order valence-corrected chi connectivity index (χ1v) is 11.3. The number of sulfonamides is 1. The molecule has 0 aliphatic carbocycles. The van der Waals surface area contributed by atoms with Gasteiger partial charge in [-0.25, -0.2) is 8.42 Å². The van der Waals surface area contributed by atoms with Gasteiger partial charge < -0.3 is 10.2 Å². The molecule has 0 bridgehead atoms. The van der Waals surface area contributed by atoms with Gasteiger partial charge in [-0.1, -0.05) is 31.5 Å². The molecule has 2 N–H and O–H groups in total. The topological polar surface area (TPSA) is 78.5 Å². The first-order valence-electron chi connectivity index (χ1n) is 9.48. The highest BCUT2D eigenvalue weighted by Gasteiger charge is 2.30. The van der Waals surface area contributed by atoms with Crippen LogP contribution in [0.3, 0.4) is 0 Å². The van der Waals surface area contributed by atoms with E-state index < -0.39 is 27.7 Å². The van der Waals surface area contributed by atoms with Gasteiger partial charge in [-0.15, -0.1) is 0 Å². The fourth-order valence-corrected chi connectivity index (χ4v) is 4.06. The van der Waals surface area contributed by atoms with Crippen LogP contribution in [-0.4, -0.2) is 45.4 Å². The van der Waals surface area contributed by atoms with E-state index in [2.05, 4.69) is 14.9 Å². The van der Waals surface area contributed by atoms with Crippen LogP contribution in [0.5, 0.6) is 0 Å². The third-order valence-electron chi connectivity index (χ3n) is 4.54. The Bertz CT molecular complexity index is 1030. The lowest BCUT2D eigenvalue weighted by atomic mass is 10.2. The minimum atomic E-state index is -4.61. The average Bonchev–Trinajstić information content (AvgIpc) is 2.70. The molecule has 0 aromatic heterocycles. The van der Waals surface area contributed by atoms with Crippen LogP contribution in [0.2, 0.25) is 5.02 Å². The van der Waals surface area contributed by atoms with Gasteiger partial charge in [-0.3, -0.25) is 9.52 Å². The number of benzene rings is 2. The molecule has 31 heavy (non-hydrogen) atoms. The number of carbonyl (C=O) groups is 1. The summed E-state index contributed by atoms with van der Waals surface area (Å²) >= 11 is 6.06. The van der Waals surface area contributed by atoms with Crippen molar-refractivity contribution >= 4 is 33.2 Å². The first-order chi connectivity index (χ1) is 14.5. The highest BCUT2D eigenvalue weighted by Crippen LogP contribution is 2.31. The van der Waals surface area contributed by atoms with Crippen LogP contribution in [-0.2, 0) is 16.2 Å². The van der Waals surface area contributed by atoms with Gasteiger partial charge in [0.05, 0.1) is 21.0 Å². The summed E-state index contributed by atoms with van der Waals surface area (Å²) in [5.41, 5.74) is -1.29. The van der Waals surface area contributed by atoms with Crippen LogP contribution in [0.4, 0.5) is 18.9 Å². The number of alkyl halides is 3. The largest absolute Gasteiger partial charge is 0.416 e. The maximum atomic E-state index is 12.9. The van der Waals surface area contributed by atoms with Gasteiger partial charge in [-0.2, -0.15) is 13.2 Å². The summed E-state index contributed by atoms with van der Waals surface area (Å²) in [5, 5.41) is 2.74. The second kappa shape index (κ2) is 10.3. The Hall–Kier alpha value is -2.30. The van der Waals surface area contributed by atoms with Crippen molar-refractivity contribution in [3.8, 4) is 0 Å². The van der Waals surface area contributed by atoms with Crippen molar-refractivity contribution < 1.29 is 26.4 Å². The molecule has 0 saturated heterocycles. The molecule has 0 fully saturated rings. The Labute approximate surface area is 184 Å². The molecule has 0 spiro atoms. The van der Waals surface area contributed by atoms with Gasteiger partial charge in [0, 0.05) is 18.8 Å². The molecule has 0 radical (unpaired) electrons. The summed E-state index contributed by atoms with van der Waals surface area (Å²) in [6, 6.07) is 7.33. The van der Waals surface area contributed by atoms with Crippen molar-refractivity contribution in [1.29, 1.82) is 0 Å². The molecule has 0 aliphatic heterocycles. The van der Waals surface area contributed by atoms with Crippen molar-refractivity contribution in [3.63, 3.8) is 0 Å². The minimum Gasteiger partial charge on any atom is -0.351 e. The van der Waals surface area contributed by atoms with E-state index >= 15 is 0 Å². The van der Waals surface area contributed by atoms with E-state index in [1.807, 2.05) is 13.8 Å². The van der Waals surface area contributed by atoms with Crippen molar-refractivity contribution in [2.45, 2.75) is 24.9 Å². The van der Waals surface area contributed by atoms with E-state index in [1.54, 1.807) is 0 Å². The average molecular weight is 478 g/mol. The first kappa shape index (κ1) is 25.0. The molecule has 6 nitrogen and oxygen atoms in total. The fourth-order valence-electron chi connectivity index (χ4n) is 2.78. The highest BCUT2D eigenvalue weighted by atomic mass is 35.5. The Kier molecular flexibility index (Phi) is 8.33. The predicted octanol–water partition coefficient (Wildman–Crippen LogP) is 4.23. The van der Waals surface area contributed by atoms with E-state index in [9.17, 15) is 26.4 Å². The van der Waals surface area contributed by atoms with Crippen LogP contribution >= 0.6 is 11.6 Å². The number of likely N-dealkylation sites (N-methyl/N-ethyl adjacent to an activating group) is 1. The molecule has 1 amide bonds. The number of nitrogens with one attached hydrogen (secondary N) is 2. The Morgan fingerprint density at radius 3 is 2.39 bits per heavy atom. The van der Waals surface area contributed by atoms with E-state index in [0.717, 1.165) is 31.3 Å². The highest BCUT2D eigenvalue weighted by molar-refractivity contribution is 7.92. The molecule has 0 aliphatic rings. The molecule has 2 rings (SSSR count). The molecule has 170 valence electrons. The molecule has 2 aromatic carbocycles. The molecule has 0 saturated carbocycles. The van der Waals surface area contributed by atoms with Crippen LogP contribution in [0.25, 0.3) is 0 Å². The number of anilines is 1. The zero-order valence-electron chi connectivity index (χ0n) is 17.0. The maximum Gasteiger partial charge on any atom is 0.416 e. The summed E-state index contributed by atoms with van der Waals surface area (Å²) in [6.45, 7) is 6.59. The molecule has 2 aromatic rings. The fraction of sp³-hybridized carbons (Fsp3) is 0.350. The molecular formula is C20H23ClF3N3O3S. The summed E-state index contributed by atoms with van der Waals surface area (Å²) < 4.78 is 66.0. The Balaban J connectivity index is 2.20. The third-order valence-corrected chi connectivity index (χ3v) is 6.25. The number of rotatable bonds is 9. The summed E-state index contributed by atoms with van der Waals surface area (Å²) in [4.78, 5) is 14.3. The predicted molar refractivity (Wildman–Crippen MR) is 114 cm³/mol. The van der Waals surface area contributed by atoms with Crippen LogP contribution < -0.4 is 10.0 Å². The van der Waals surface area contributed by atoms with Gasteiger partial charge in [0.2, 0.25) is 0 Å². The third kappa shape index (κ3) is 6.84. The second-order valence-corrected chi connectivity index (χ2v) is 8.70. The number of halogens is 4. The summed E-state index contributed by atoms with van der Waals surface area (Å²) in [6.07, 6.45) is -4.61. The lowest BCUT2D eigenvalue weighted by Gasteiger charge is -2.18. The van der Waals surface area contributed by atoms with Gasteiger partial charge >= 0.3 is 6.18 Å². The van der Waals surface area contributed by atoms with Gasteiger partial charge in [0.25, 0.3) is 15.9 Å². The SMILES string of the molecule is CCN(CC)CCNC(=O)c1cc(S(=O)(=O)Nc2cccc(C(F)(F)F)c2)ccc1Cl.